The number of aryl methyl sites for hydroxylation is 1. The van der Waals surface area contributed by atoms with Gasteiger partial charge in [-0.05, 0) is 45.2 Å². The molecule has 0 bridgehead atoms. The summed E-state index contributed by atoms with van der Waals surface area (Å²) in [7, 11) is 1.92. The standard InChI is InChI=1S/C17H24N4O2/c1-4-21-12-14(10-18-21)11-20(3)13-17(22)19-15-6-8-16(9-7-15)23-5-2/h6-10,12H,4-5,11,13H2,1-3H3,(H,19,22). The molecule has 1 amide bonds. The van der Waals surface area contributed by atoms with Gasteiger partial charge in [-0.3, -0.25) is 14.4 Å². The second-order valence-electron chi connectivity index (χ2n) is 5.38. The van der Waals surface area contributed by atoms with Crippen molar-refractivity contribution in [3.63, 3.8) is 0 Å². The second-order valence-corrected chi connectivity index (χ2v) is 5.38. The molecule has 0 aliphatic rings. The number of anilines is 1. The molecule has 0 spiro atoms. The second kappa shape index (κ2) is 8.33. The van der Waals surface area contributed by atoms with E-state index in [2.05, 4.69) is 10.4 Å². The lowest BCUT2D eigenvalue weighted by Crippen LogP contribution is -2.29. The zero-order valence-electron chi connectivity index (χ0n) is 14.0. The molecule has 23 heavy (non-hydrogen) atoms. The molecule has 2 rings (SSSR count). The number of rotatable bonds is 8. The number of likely N-dealkylation sites (N-methyl/N-ethyl adjacent to an activating group) is 1. The first kappa shape index (κ1) is 17.0. The summed E-state index contributed by atoms with van der Waals surface area (Å²) in [4.78, 5) is 14.0. The van der Waals surface area contributed by atoms with Crippen LogP contribution in [0.5, 0.6) is 5.75 Å². The SMILES string of the molecule is CCOc1ccc(NC(=O)CN(C)Cc2cnn(CC)c2)cc1. The van der Waals surface area contributed by atoms with Gasteiger partial charge < -0.3 is 10.1 Å². The van der Waals surface area contributed by atoms with E-state index in [0.717, 1.165) is 23.5 Å². The highest BCUT2D eigenvalue weighted by Crippen LogP contribution is 2.15. The van der Waals surface area contributed by atoms with Crippen molar-refractivity contribution >= 4 is 11.6 Å². The van der Waals surface area contributed by atoms with Crippen LogP contribution in [0.1, 0.15) is 19.4 Å². The van der Waals surface area contributed by atoms with Gasteiger partial charge in [0.05, 0.1) is 19.3 Å². The molecule has 0 atom stereocenters. The van der Waals surface area contributed by atoms with Gasteiger partial charge in [0.25, 0.3) is 0 Å². The van der Waals surface area contributed by atoms with Crippen molar-refractivity contribution in [1.29, 1.82) is 0 Å². The highest BCUT2D eigenvalue weighted by Gasteiger charge is 2.09. The predicted molar refractivity (Wildman–Crippen MR) is 90.5 cm³/mol. The van der Waals surface area contributed by atoms with E-state index in [1.165, 1.54) is 0 Å². The van der Waals surface area contributed by atoms with Crippen molar-refractivity contribution in [3.8, 4) is 5.75 Å². The van der Waals surface area contributed by atoms with Crippen LogP contribution in [0.2, 0.25) is 0 Å². The van der Waals surface area contributed by atoms with Crippen LogP contribution in [0.15, 0.2) is 36.7 Å². The third-order valence-corrected chi connectivity index (χ3v) is 3.33. The summed E-state index contributed by atoms with van der Waals surface area (Å²) in [6, 6.07) is 7.38. The van der Waals surface area contributed by atoms with Gasteiger partial charge in [0.15, 0.2) is 0 Å². The summed E-state index contributed by atoms with van der Waals surface area (Å²) in [5.74, 6) is 0.759. The van der Waals surface area contributed by atoms with Crippen molar-refractivity contribution in [2.45, 2.75) is 26.9 Å². The molecule has 0 saturated carbocycles. The highest BCUT2D eigenvalue weighted by molar-refractivity contribution is 5.92. The number of ether oxygens (including phenoxy) is 1. The number of nitrogens with one attached hydrogen (secondary N) is 1. The van der Waals surface area contributed by atoms with Gasteiger partial charge in [-0.2, -0.15) is 5.10 Å². The van der Waals surface area contributed by atoms with Crippen LogP contribution in [-0.2, 0) is 17.9 Å². The maximum atomic E-state index is 12.1. The molecule has 6 nitrogen and oxygen atoms in total. The Labute approximate surface area is 137 Å². The van der Waals surface area contributed by atoms with Crippen LogP contribution in [0.25, 0.3) is 0 Å². The van der Waals surface area contributed by atoms with E-state index < -0.39 is 0 Å². The number of carbonyl (C=O) groups is 1. The minimum absolute atomic E-state index is 0.0421. The third-order valence-electron chi connectivity index (χ3n) is 3.33. The van der Waals surface area contributed by atoms with E-state index in [1.54, 1.807) is 0 Å². The fourth-order valence-electron chi connectivity index (χ4n) is 2.28. The smallest absolute Gasteiger partial charge is 0.238 e. The Balaban J connectivity index is 1.81. The lowest BCUT2D eigenvalue weighted by molar-refractivity contribution is -0.117. The molecular formula is C17H24N4O2. The summed E-state index contributed by atoms with van der Waals surface area (Å²) >= 11 is 0. The lowest BCUT2D eigenvalue weighted by atomic mass is 10.3. The molecule has 0 aliphatic heterocycles. The predicted octanol–water partition coefficient (Wildman–Crippen LogP) is 2.37. The van der Waals surface area contributed by atoms with Crippen LogP contribution < -0.4 is 10.1 Å². The zero-order valence-corrected chi connectivity index (χ0v) is 14.0. The number of hydrogen-bond donors (Lipinski definition) is 1. The topological polar surface area (TPSA) is 59.4 Å². The van der Waals surface area contributed by atoms with Gasteiger partial charge in [-0.25, -0.2) is 0 Å². The van der Waals surface area contributed by atoms with E-state index in [4.69, 9.17) is 4.74 Å². The summed E-state index contributed by atoms with van der Waals surface area (Å²) in [6.07, 6.45) is 3.84. The summed E-state index contributed by atoms with van der Waals surface area (Å²) in [5.41, 5.74) is 1.87. The number of hydrogen-bond acceptors (Lipinski definition) is 4. The zero-order chi connectivity index (χ0) is 16.7. The minimum Gasteiger partial charge on any atom is -0.494 e. The largest absolute Gasteiger partial charge is 0.494 e. The minimum atomic E-state index is -0.0421. The van der Waals surface area contributed by atoms with Crippen LogP contribution in [0.3, 0.4) is 0 Å². The quantitative estimate of drug-likeness (QED) is 0.812. The van der Waals surface area contributed by atoms with Gasteiger partial charge >= 0.3 is 0 Å². The van der Waals surface area contributed by atoms with Gasteiger partial charge in [-0.1, -0.05) is 0 Å². The van der Waals surface area contributed by atoms with Crippen molar-refractivity contribution in [2.75, 3.05) is 25.5 Å². The van der Waals surface area contributed by atoms with E-state index in [9.17, 15) is 4.79 Å². The molecule has 0 fully saturated rings. The van der Waals surface area contributed by atoms with Gasteiger partial charge in [-0.15, -0.1) is 0 Å². The van der Waals surface area contributed by atoms with Crippen molar-refractivity contribution in [1.82, 2.24) is 14.7 Å². The van der Waals surface area contributed by atoms with E-state index in [-0.39, 0.29) is 5.91 Å². The number of amides is 1. The first-order valence-electron chi connectivity index (χ1n) is 7.83. The molecule has 0 radical (unpaired) electrons. The molecule has 1 aromatic heterocycles. The Bertz CT molecular complexity index is 622. The summed E-state index contributed by atoms with van der Waals surface area (Å²) in [5, 5.41) is 7.12. The Morgan fingerprint density at radius 2 is 2.04 bits per heavy atom. The molecule has 6 heteroatoms. The average molecular weight is 316 g/mol. The molecule has 124 valence electrons. The molecule has 1 aromatic carbocycles. The first-order chi connectivity index (χ1) is 11.1. The molecule has 1 N–H and O–H groups in total. The lowest BCUT2D eigenvalue weighted by Gasteiger charge is -2.15. The number of nitrogens with zero attached hydrogens (tertiary/aromatic N) is 3. The molecule has 0 aliphatic carbocycles. The summed E-state index contributed by atoms with van der Waals surface area (Å²) < 4.78 is 7.26. The van der Waals surface area contributed by atoms with E-state index in [1.807, 2.05) is 67.1 Å². The van der Waals surface area contributed by atoms with E-state index in [0.29, 0.717) is 19.7 Å². The Hall–Kier alpha value is -2.34. The molecule has 0 unspecified atom stereocenters. The number of carbonyl (C=O) groups excluding carboxylic acids is 1. The van der Waals surface area contributed by atoms with Crippen LogP contribution in [-0.4, -0.2) is 40.8 Å². The monoisotopic (exact) mass is 316 g/mol. The Kier molecular flexibility index (Phi) is 6.17. The molecular weight excluding hydrogens is 292 g/mol. The fraction of sp³-hybridized carbons (Fsp3) is 0.412. The Morgan fingerprint density at radius 1 is 1.30 bits per heavy atom. The average Bonchev–Trinajstić information content (AvgIpc) is 2.96. The van der Waals surface area contributed by atoms with E-state index >= 15 is 0 Å². The van der Waals surface area contributed by atoms with Gasteiger partial charge in [0.2, 0.25) is 5.91 Å². The molecule has 2 aromatic rings. The van der Waals surface area contributed by atoms with Crippen LogP contribution in [0.4, 0.5) is 5.69 Å². The third kappa shape index (κ3) is 5.41. The van der Waals surface area contributed by atoms with Crippen molar-refractivity contribution in [3.05, 3.63) is 42.2 Å². The van der Waals surface area contributed by atoms with Crippen LogP contribution in [0, 0.1) is 0 Å². The fourth-order valence-corrected chi connectivity index (χ4v) is 2.28. The van der Waals surface area contributed by atoms with Crippen LogP contribution >= 0.6 is 0 Å². The molecule has 0 saturated heterocycles. The number of benzene rings is 1. The number of aromatic nitrogens is 2. The first-order valence-corrected chi connectivity index (χ1v) is 7.83. The maximum Gasteiger partial charge on any atom is 0.238 e. The van der Waals surface area contributed by atoms with Gasteiger partial charge in [0, 0.05) is 30.5 Å². The van der Waals surface area contributed by atoms with Gasteiger partial charge in [0.1, 0.15) is 5.75 Å². The highest BCUT2D eigenvalue weighted by atomic mass is 16.5. The normalized spacial score (nSPS) is 10.8. The summed E-state index contributed by atoms with van der Waals surface area (Å²) in [6.45, 7) is 6.48. The Morgan fingerprint density at radius 3 is 2.65 bits per heavy atom. The van der Waals surface area contributed by atoms with Crippen molar-refractivity contribution in [2.24, 2.45) is 0 Å². The maximum absolute atomic E-state index is 12.1. The molecule has 1 heterocycles. The van der Waals surface area contributed by atoms with Crippen molar-refractivity contribution < 1.29 is 9.53 Å².